The molecule has 1 amide bonds. The molecule has 2 aliphatic rings. The molecule has 0 aromatic heterocycles. The number of fused-ring (bicyclic) bond motifs is 1. The smallest absolute Gasteiger partial charge is 0.256 e. The fraction of sp³-hybridized carbons (Fsp3) is 0.321. The summed E-state index contributed by atoms with van der Waals surface area (Å²) in [5.41, 5.74) is 4.02. The molecule has 1 saturated heterocycles. The van der Waals surface area contributed by atoms with Gasteiger partial charge in [0.2, 0.25) is 0 Å². The topological polar surface area (TPSA) is 32.8 Å². The molecule has 3 aromatic carbocycles. The van der Waals surface area contributed by atoms with Crippen LogP contribution in [0, 0.1) is 0 Å². The van der Waals surface area contributed by atoms with Crippen LogP contribution in [0.5, 0.6) is 11.5 Å². The van der Waals surface area contributed by atoms with E-state index < -0.39 is 0 Å². The fourth-order valence-corrected chi connectivity index (χ4v) is 5.16. The van der Waals surface area contributed by atoms with Crippen molar-refractivity contribution in [1.29, 1.82) is 0 Å². The van der Waals surface area contributed by atoms with Crippen molar-refractivity contribution < 1.29 is 9.53 Å². The first-order chi connectivity index (χ1) is 16.2. The number of carbonyl (C=O) groups is 1. The van der Waals surface area contributed by atoms with E-state index >= 15 is 0 Å². The van der Waals surface area contributed by atoms with Crippen molar-refractivity contribution >= 4 is 17.5 Å². The number of halogens is 1. The molecular formula is C28H29ClN2O2. The monoisotopic (exact) mass is 460 g/mol. The van der Waals surface area contributed by atoms with Crippen LogP contribution in [-0.4, -0.2) is 35.3 Å². The summed E-state index contributed by atoms with van der Waals surface area (Å²) in [5.74, 6) is 1.60. The second-order valence-electron chi connectivity index (χ2n) is 8.98. The van der Waals surface area contributed by atoms with Gasteiger partial charge in [-0.3, -0.25) is 4.79 Å². The third kappa shape index (κ3) is 5.23. The number of hydrogen-bond donors (Lipinski definition) is 0. The largest absolute Gasteiger partial charge is 0.457 e. The lowest BCUT2D eigenvalue weighted by atomic mass is 10.0. The van der Waals surface area contributed by atoms with E-state index in [-0.39, 0.29) is 5.91 Å². The molecule has 170 valence electrons. The Morgan fingerprint density at radius 2 is 1.61 bits per heavy atom. The van der Waals surface area contributed by atoms with Crippen molar-refractivity contribution in [2.45, 2.75) is 38.8 Å². The Hall–Kier alpha value is -2.82. The number of hydrogen-bond acceptors (Lipinski definition) is 3. The first-order valence-electron chi connectivity index (χ1n) is 11.8. The highest BCUT2D eigenvalue weighted by atomic mass is 35.5. The van der Waals surface area contributed by atoms with Crippen LogP contribution in [0.25, 0.3) is 0 Å². The van der Waals surface area contributed by atoms with Gasteiger partial charge in [-0.1, -0.05) is 48.0 Å². The number of nitrogens with zero attached hydrogens (tertiary/aromatic N) is 2. The SMILES string of the molecule is O=C1c2c(Cl)cc(CCCN3CCCC3)cc2CN1Cc1ccc(Oc2ccccc2)cc1. The Bertz CT molecular complexity index is 1110. The molecular weight excluding hydrogens is 432 g/mol. The van der Waals surface area contributed by atoms with Crippen LogP contribution in [-0.2, 0) is 19.5 Å². The molecule has 0 unspecified atom stereocenters. The van der Waals surface area contributed by atoms with Gasteiger partial charge < -0.3 is 14.5 Å². The van der Waals surface area contributed by atoms with Crippen molar-refractivity contribution in [1.82, 2.24) is 9.80 Å². The Morgan fingerprint density at radius 3 is 2.36 bits per heavy atom. The van der Waals surface area contributed by atoms with Gasteiger partial charge in [-0.15, -0.1) is 0 Å². The molecule has 2 aliphatic heterocycles. The minimum absolute atomic E-state index is 0.0169. The van der Waals surface area contributed by atoms with Crippen LogP contribution in [0.15, 0.2) is 66.7 Å². The molecule has 5 heteroatoms. The van der Waals surface area contributed by atoms with E-state index in [1.807, 2.05) is 65.6 Å². The normalized spacial score (nSPS) is 15.8. The van der Waals surface area contributed by atoms with Gasteiger partial charge in [0, 0.05) is 13.1 Å². The van der Waals surface area contributed by atoms with Gasteiger partial charge in [0.15, 0.2) is 0 Å². The highest BCUT2D eigenvalue weighted by molar-refractivity contribution is 6.34. The standard InChI is InChI=1S/C28H29ClN2O2/c29-26-18-22(7-6-16-30-14-4-5-15-30)17-23-20-31(28(32)27(23)26)19-21-10-12-25(13-11-21)33-24-8-2-1-3-9-24/h1-3,8-13,17-18H,4-7,14-16,19-20H2. The quantitative estimate of drug-likeness (QED) is 0.394. The third-order valence-corrected chi connectivity index (χ3v) is 6.81. The van der Waals surface area contributed by atoms with E-state index in [1.54, 1.807) is 0 Å². The first-order valence-corrected chi connectivity index (χ1v) is 12.2. The molecule has 3 aromatic rings. The molecule has 33 heavy (non-hydrogen) atoms. The third-order valence-electron chi connectivity index (χ3n) is 6.51. The summed E-state index contributed by atoms with van der Waals surface area (Å²) in [4.78, 5) is 17.5. The van der Waals surface area contributed by atoms with Crippen LogP contribution in [0.3, 0.4) is 0 Å². The predicted octanol–water partition coefficient (Wildman–Crippen LogP) is 6.32. The van der Waals surface area contributed by atoms with Crippen LogP contribution < -0.4 is 4.74 Å². The summed E-state index contributed by atoms with van der Waals surface area (Å²) in [7, 11) is 0. The summed E-state index contributed by atoms with van der Waals surface area (Å²) in [6, 6.07) is 21.8. The second kappa shape index (κ2) is 9.98. The van der Waals surface area contributed by atoms with E-state index in [0.29, 0.717) is 23.7 Å². The Kier molecular flexibility index (Phi) is 6.65. The fourth-order valence-electron chi connectivity index (χ4n) is 4.82. The highest BCUT2D eigenvalue weighted by Crippen LogP contribution is 2.32. The van der Waals surface area contributed by atoms with E-state index in [2.05, 4.69) is 11.0 Å². The molecule has 1 fully saturated rings. The number of aryl methyl sites for hydroxylation is 1. The number of ether oxygens (including phenoxy) is 1. The molecule has 0 aliphatic carbocycles. The maximum Gasteiger partial charge on any atom is 0.256 e. The molecule has 2 heterocycles. The number of rotatable bonds is 8. The van der Waals surface area contributed by atoms with Gasteiger partial charge in [-0.25, -0.2) is 0 Å². The average Bonchev–Trinajstić information content (AvgIpc) is 3.44. The van der Waals surface area contributed by atoms with Crippen molar-refractivity contribution in [3.8, 4) is 11.5 Å². The molecule has 0 radical (unpaired) electrons. The molecule has 5 rings (SSSR count). The zero-order chi connectivity index (χ0) is 22.6. The van der Waals surface area contributed by atoms with E-state index in [9.17, 15) is 4.79 Å². The summed E-state index contributed by atoms with van der Waals surface area (Å²) in [6.45, 7) is 4.77. The van der Waals surface area contributed by atoms with Crippen LogP contribution in [0.1, 0.15) is 46.3 Å². The lowest BCUT2D eigenvalue weighted by Crippen LogP contribution is -2.23. The summed E-state index contributed by atoms with van der Waals surface area (Å²) in [5, 5.41) is 0.586. The molecule has 0 atom stereocenters. The molecule has 0 N–H and O–H groups in total. The highest BCUT2D eigenvalue weighted by Gasteiger charge is 2.30. The lowest BCUT2D eigenvalue weighted by molar-refractivity contribution is 0.0767. The van der Waals surface area contributed by atoms with Crippen molar-refractivity contribution in [2.75, 3.05) is 19.6 Å². The Morgan fingerprint density at radius 1 is 0.879 bits per heavy atom. The summed E-state index contributed by atoms with van der Waals surface area (Å²) in [6.07, 6.45) is 4.78. The van der Waals surface area contributed by atoms with Gasteiger partial charge in [-0.2, -0.15) is 0 Å². The summed E-state index contributed by atoms with van der Waals surface area (Å²) >= 11 is 6.57. The molecule has 0 saturated carbocycles. The number of benzene rings is 3. The zero-order valence-corrected chi connectivity index (χ0v) is 19.6. The van der Waals surface area contributed by atoms with Crippen molar-refractivity contribution in [3.63, 3.8) is 0 Å². The summed E-state index contributed by atoms with van der Waals surface area (Å²) < 4.78 is 5.87. The molecule has 0 bridgehead atoms. The molecule has 0 spiro atoms. The molecule has 4 nitrogen and oxygen atoms in total. The van der Waals surface area contributed by atoms with E-state index in [4.69, 9.17) is 16.3 Å². The van der Waals surface area contributed by atoms with Crippen LogP contribution >= 0.6 is 11.6 Å². The van der Waals surface area contributed by atoms with Crippen molar-refractivity contribution in [2.24, 2.45) is 0 Å². The second-order valence-corrected chi connectivity index (χ2v) is 9.39. The van der Waals surface area contributed by atoms with E-state index in [1.165, 1.54) is 31.5 Å². The van der Waals surface area contributed by atoms with Gasteiger partial charge in [0.1, 0.15) is 11.5 Å². The van der Waals surface area contributed by atoms with Gasteiger partial charge >= 0.3 is 0 Å². The number of likely N-dealkylation sites (tertiary alicyclic amines) is 1. The Balaban J connectivity index is 1.20. The Labute approximate surface area is 200 Å². The first kappa shape index (κ1) is 22.0. The van der Waals surface area contributed by atoms with Crippen molar-refractivity contribution in [3.05, 3.63) is 94.0 Å². The minimum Gasteiger partial charge on any atom is -0.457 e. The van der Waals surface area contributed by atoms with Gasteiger partial charge in [-0.05, 0) is 92.3 Å². The predicted molar refractivity (Wildman–Crippen MR) is 132 cm³/mol. The number of para-hydroxylation sites is 1. The van der Waals surface area contributed by atoms with Crippen LogP contribution in [0.4, 0.5) is 0 Å². The van der Waals surface area contributed by atoms with Gasteiger partial charge in [0.25, 0.3) is 5.91 Å². The maximum absolute atomic E-state index is 13.0. The zero-order valence-electron chi connectivity index (χ0n) is 18.8. The number of amides is 1. The average molecular weight is 461 g/mol. The van der Waals surface area contributed by atoms with Gasteiger partial charge in [0.05, 0.1) is 10.6 Å². The minimum atomic E-state index is 0.0169. The van der Waals surface area contributed by atoms with Crippen LogP contribution in [0.2, 0.25) is 5.02 Å². The lowest BCUT2D eigenvalue weighted by Gasteiger charge is -2.16. The number of carbonyl (C=O) groups excluding carboxylic acids is 1. The maximum atomic E-state index is 13.0. The van der Waals surface area contributed by atoms with E-state index in [0.717, 1.165) is 42.0 Å².